The number of ether oxygens (including phenoxy) is 2. The van der Waals surface area contributed by atoms with E-state index in [1.165, 1.54) is 0 Å². The summed E-state index contributed by atoms with van der Waals surface area (Å²) in [5, 5.41) is 2.93. The molecule has 26 heavy (non-hydrogen) atoms. The molecule has 1 unspecified atom stereocenters. The monoisotopic (exact) mass is 355 g/mol. The van der Waals surface area contributed by atoms with Crippen LogP contribution in [-0.4, -0.2) is 19.1 Å². The van der Waals surface area contributed by atoms with Crippen LogP contribution in [0.25, 0.3) is 0 Å². The Morgan fingerprint density at radius 3 is 2.46 bits per heavy atom. The van der Waals surface area contributed by atoms with Crippen molar-refractivity contribution in [1.82, 2.24) is 5.32 Å². The zero-order valence-electron chi connectivity index (χ0n) is 16.0. The largest absolute Gasteiger partial charge is 0.483 e. The second kappa shape index (κ2) is 10.6. The van der Waals surface area contributed by atoms with Gasteiger partial charge in [-0.05, 0) is 42.0 Å². The highest BCUT2D eigenvalue weighted by atomic mass is 16.5. The summed E-state index contributed by atoms with van der Waals surface area (Å²) < 4.78 is 11.2. The van der Waals surface area contributed by atoms with Crippen molar-refractivity contribution in [3.05, 3.63) is 65.2 Å². The summed E-state index contributed by atoms with van der Waals surface area (Å²) in [5.41, 5.74) is 3.30. The Hall–Kier alpha value is -2.33. The number of amides is 1. The molecular weight excluding hydrogens is 326 g/mol. The van der Waals surface area contributed by atoms with Gasteiger partial charge in [-0.2, -0.15) is 0 Å². The van der Waals surface area contributed by atoms with Crippen LogP contribution in [0.15, 0.2) is 48.5 Å². The highest BCUT2D eigenvalue weighted by Crippen LogP contribution is 2.28. The molecule has 0 bridgehead atoms. The second-order valence-electron chi connectivity index (χ2n) is 6.32. The quantitative estimate of drug-likeness (QED) is 0.686. The number of para-hydroxylation sites is 1. The third-order valence-electron chi connectivity index (χ3n) is 4.48. The predicted molar refractivity (Wildman–Crippen MR) is 104 cm³/mol. The molecule has 0 aliphatic rings. The average Bonchev–Trinajstić information content (AvgIpc) is 2.69. The van der Waals surface area contributed by atoms with E-state index in [9.17, 15) is 4.79 Å². The van der Waals surface area contributed by atoms with E-state index in [2.05, 4.69) is 25.2 Å². The van der Waals surface area contributed by atoms with Gasteiger partial charge in [0.25, 0.3) is 5.91 Å². The van der Waals surface area contributed by atoms with Gasteiger partial charge in [0.2, 0.25) is 0 Å². The van der Waals surface area contributed by atoms with Crippen LogP contribution in [0.1, 0.15) is 49.8 Å². The van der Waals surface area contributed by atoms with Gasteiger partial charge in [-0.1, -0.05) is 56.3 Å². The van der Waals surface area contributed by atoms with Gasteiger partial charge >= 0.3 is 0 Å². The molecule has 0 radical (unpaired) electrons. The van der Waals surface area contributed by atoms with Crippen molar-refractivity contribution in [2.75, 3.05) is 13.2 Å². The van der Waals surface area contributed by atoms with Crippen molar-refractivity contribution in [2.45, 2.75) is 46.3 Å². The van der Waals surface area contributed by atoms with E-state index in [4.69, 9.17) is 9.47 Å². The number of nitrogens with one attached hydrogen (secondary N) is 1. The Labute approximate surface area is 156 Å². The lowest BCUT2D eigenvalue weighted by Crippen LogP contribution is -2.29. The maximum absolute atomic E-state index is 12.2. The molecule has 0 saturated carbocycles. The molecular formula is C22H29NO3. The Morgan fingerprint density at radius 2 is 1.73 bits per heavy atom. The van der Waals surface area contributed by atoms with Crippen molar-refractivity contribution < 1.29 is 14.3 Å². The normalized spacial score (nSPS) is 11.8. The van der Waals surface area contributed by atoms with Gasteiger partial charge in [-0.15, -0.1) is 0 Å². The molecule has 0 spiro atoms. The van der Waals surface area contributed by atoms with E-state index >= 15 is 0 Å². The van der Waals surface area contributed by atoms with Crippen molar-refractivity contribution in [2.24, 2.45) is 0 Å². The molecule has 2 aromatic rings. The first-order valence-electron chi connectivity index (χ1n) is 9.28. The molecule has 1 atom stereocenters. The highest BCUT2D eigenvalue weighted by molar-refractivity contribution is 5.77. The Balaban J connectivity index is 1.89. The van der Waals surface area contributed by atoms with Gasteiger partial charge in [-0.3, -0.25) is 4.79 Å². The van der Waals surface area contributed by atoms with Gasteiger partial charge in [0.05, 0.1) is 6.61 Å². The topological polar surface area (TPSA) is 47.6 Å². The van der Waals surface area contributed by atoms with E-state index < -0.39 is 0 Å². The van der Waals surface area contributed by atoms with Crippen molar-refractivity contribution in [1.29, 1.82) is 0 Å². The molecule has 0 fully saturated rings. The molecule has 4 nitrogen and oxygen atoms in total. The Bertz CT molecular complexity index is 699. The zero-order valence-corrected chi connectivity index (χ0v) is 16.0. The number of carbonyl (C=O) groups excluding carboxylic acids is 1. The molecule has 2 aromatic carbocycles. The number of hydrogen-bond donors (Lipinski definition) is 1. The van der Waals surface area contributed by atoms with Gasteiger partial charge in [0.1, 0.15) is 5.75 Å². The van der Waals surface area contributed by atoms with Crippen LogP contribution in [0.4, 0.5) is 0 Å². The summed E-state index contributed by atoms with van der Waals surface area (Å²) in [7, 11) is 0. The van der Waals surface area contributed by atoms with E-state index in [1.54, 1.807) is 0 Å². The lowest BCUT2D eigenvalue weighted by atomic mass is 9.98. The second-order valence-corrected chi connectivity index (χ2v) is 6.32. The van der Waals surface area contributed by atoms with Crippen LogP contribution in [0.5, 0.6) is 5.75 Å². The van der Waals surface area contributed by atoms with E-state index in [1.807, 2.05) is 49.4 Å². The first-order valence-corrected chi connectivity index (χ1v) is 9.28. The van der Waals surface area contributed by atoms with Crippen LogP contribution < -0.4 is 10.1 Å². The molecule has 1 amide bonds. The maximum Gasteiger partial charge on any atom is 0.258 e. The minimum absolute atomic E-state index is 0.0150. The van der Waals surface area contributed by atoms with Crippen molar-refractivity contribution in [3.8, 4) is 5.75 Å². The molecule has 2 rings (SSSR count). The Morgan fingerprint density at radius 1 is 1.04 bits per heavy atom. The molecule has 4 heteroatoms. The highest BCUT2D eigenvalue weighted by Gasteiger charge is 2.11. The summed E-state index contributed by atoms with van der Waals surface area (Å²) >= 11 is 0. The minimum atomic E-state index is -0.129. The van der Waals surface area contributed by atoms with Gasteiger partial charge < -0.3 is 14.8 Å². The smallest absolute Gasteiger partial charge is 0.258 e. The van der Waals surface area contributed by atoms with Crippen LogP contribution in [-0.2, 0) is 22.7 Å². The van der Waals surface area contributed by atoms with E-state index in [-0.39, 0.29) is 12.5 Å². The molecule has 0 aliphatic heterocycles. The summed E-state index contributed by atoms with van der Waals surface area (Å²) in [6.07, 6.45) is 1.03. The van der Waals surface area contributed by atoms with Crippen LogP contribution in [0, 0.1) is 0 Å². The summed E-state index contributed by atoms with van der Waals surface area (Å²) in [5.74, 6) is 1.06. The van der Waals surface area contributed by atoms with Crippen molar-refractivity contribution >= 4 is 5.91 Å². The van der Waals surface area contributed by atoms with Gasteiger partial charge in [0.15, 0.2) is 6.61 Å². The third-order valence-corrected chi connectivity index (χ3v) is 4.48. The maximum atomic E-state index is 12.2. The molecule has 140 valence electrons. The third kappa shape index (κ3) is 5.88. The minimum Gasteiger partial charge on any atom is -0.483 e. The Kier molecular flexibility index (Phi) is 8.16. The first-order chi connectivity index (χ1) is 12.7. The molecule has 1 N–H and O–H groups in total. The number of rotatable bonds is 10. The predicted octanol–water partition coefficient (Wildman–Crippen LogP) is 4.43. The fourth-order valence-corrected chi connectivity index (χ4v) is 2.71. The molecule has 0 aromatic heterocycles. The van der Waals surface area contributed by atoms with Gasteiger partial charge in [-0.25, -0.2) is 0 Å². The van der Waals surface area contributed by atoms with Gasteiger partial charge in [0, 0.05) is 13.2 Å². The molecule has 0 saturated heterocycles. The first kappa shape index (κ1) is 20.0. The number of hydrogen-bond acceptors (Lipinski definition) is 3. The standard InChI is InChI=1S/C22H29NO3/c1-4-17(3)20-12-8-9-13-21(20)26-16-22(24)23-14-18-10-6-7-11-19(18)15-25-5-2/h6-13,17H,4-5,14-16H2,1-3H3,(H,23,24). The lowest BCUT2D eigenvalue weighted by molar-refractivity contribution is -0.123. The van der Waals surface area contributed by atoms with Crippen LogP contribution in [0.3, 0.4) is 0 Å². The summed E-state index contributed by atoms with van der Waals surface area (Å²) in [6.45, 7) is 8.00. The summed E-state index contributed by atoms with van der Waals surface area (Å²) in [4.78, 5) is 12.2. The SMILES string of the molecule is CCOCc1ccccc1CNC(=O)COc1ccccc1C(C)CC. The lowest BCUT2D eigenvalue weighted by Gasteiger charge is -2.16. The van der Waals surface area contributed by atoms with Crippen molar-refractivity contribution in [3.63, 3.8) is 0 Å². The number of carbonyl (C=O) groups is 1. The summed E-state index contributed by atoms with van der Waals surface area (Å²) in [6, 6.07) is 15.9. The zero-order chi connectivity index (χ0) is 18.8. The fraction of sp³-hybridized carbons (Fsp3) is 0.409. The van der Waals surface area contributed by atoms with Crippen LogP contribution >= 0.6 is 0 Å². The fourth-order valence-electron chi connectivity index (χ4n) is 2.71. The molecule has 0 aliphatic carbocycles. The van der Waals surface area contributed by atoms with E-state index in [0.29, 0.717) is 25.7 Å². The average molecular weight is 355 g/mol. The number of benzene rings is 2. The van der Waals surface area contributed by atoms with E-state index in [0.717, 1.165) is 28.9 Å². The van der Waals surface area contributed by atoms with Crippen LogP contribution in [0.2, 0.25) is 0 Å². The molecule has 0 heterocycles.